The molecule has 0 amide bonds. The lowest BCUT2D eigenvalue weighted by Gasteiger charge is -2.13. The number of ether oxygens (including phenoxy) is 1. The van der Waals surface area contributed by atoms with E-state index in [0.29, 0.717) is 17.5 Å². The van der Waals surface area contributed by atoms with Crippen LogP contribution < -0.4 is 10.5 Å². The van der Waals surface area contributed by atoms with Crippen LogP contribution in [0.4, 0.5) is 0 Å². The standard InChI is InChI=1S/C14H17Br2N3O2/c1-3-10(17)4-9-5-11(15)14(12(16)6-9)20-7-13-18-8(2)21-19-13/h5-6,10H,3-4,7,17H2,1-2H3. The fraction of sp³-hybridized carbons (Fsp3) is 0.429. The SMILES string of the molecule is CCC(N)Cc1cc(Br)c(OCc2noc(C)n2)c(Br)c1. The molecule has 0 saturated carbocycles. The van der Waals surface area contributed by atoms with Crippen molar-refractivity contribution >= 4 is 31.9 Å². The molecule has 114 valence electrons. The van der Waals surface area contributed by atoms with Crippen LogP contribution in [-0.4, -0.2) is 16.2 Å². The second-order valence-corrected chi connectivity index (χ2v) is 6.49. The predicted octanol–water partition coefficient (Wildman–Crippen LogP) is 3.76. The van der Waals surface area contributed by atoms with Crippen LogP contribution in [0.15, 0.2) is 25.6 Å². The van der Waals surface area contributed by atoms with Gasteiger partial charge in [-0.25, -0.2) is 0 Å². The third kappa shape index (κ3) is 4.52. The Labute approximate surface area is 140 Å². The van der Waals surface area contributed by atoms with Crippen molar-refractivity contribution in [2.24, 2.45) is 5.73 Å². The number of nitrogens with two attached hydrogens (primary N) is 1. The second-order valence-electron chi connectivity index (χ2n) is 4.78. The number of hydrogen-bond donors (Lipinski definition) is 1. The Morgan fingerprint density at radius 2 is 2.00 bits per heavy atom. The zero-order valence-electron chi connectivity index (χ0n) is 11.9. The van der Waals surface area contributed by atoms with Gasteiger partial charge in [0, 0.05) is 13.0 Å². The minimum absolute atomic E-state index is 0.165. The smallest absolute Gasteiger partial charge is 0.223 e. The minimum Gasteiger partial charge on any atom is -0.483 e. The molecule has 21 heavy (non-hydrogen) atoms. The van der Waals surface area contributed by atoms with Crippen LogP contribution in [0, 0.1) is 6.92 Å². The van der Waals surface area contributed by atoms with E-state index in [-0.39, 0.29) is 12.6 Å². The minimum atomic E-state index is 0.165. The molecule has 1 atom stereocenters. The van der Waals surface area contributed by atoms with E-state index in [2.05, 4.69) is 48.9 Å². The van der Waals surface area contributed by atoms with E-state index in [1.54, 1.807) is 6.92 Å². The summed E-state index contributed by atoms with van der Waals surface area (Å²) >= 11 is 7.06. The number of benzene rings is 1. The molecule has 1 aromatic heterocycles. The van der Waals surface area contributed by atoms with E-state index in [9.17, 15) is 0 Å². The van der Waals surface area contributed by atoms with E-state index in [1.165, 1.54) is 0 Å². The van der Waals surface area contributed by atoms with Crippen molar-refractivity contribution in [2.45, 2.75) is 39.3 Å². The first-order chi connectivity index (χ1) is 9.99. The molecule has 0 saturated heterocycles. The summed E-state index contributed by atoms with van der Waals surface area (Å²) in [6, 6.07) is 4.21. The van der Waals surface area contributed by atoms with Gasteiger partial charge in [-0.15, -0.1) is 0 Å². The maximum absolute atomic E-state index is 5.99. The van der Waals surface area contributed by atoms with Gasteiger partial charge >= 0.3 is 0 Å². The molecular weight excluding hydrogens is 402 g/mol. The van der Waals surface area contributed by atoms with Gasteiger partial charge in [0.25, 0.3) is 0 Å². The highest BCUT2D eigenvalue weighted by atomic mass is 79.9. The van der Waals surface area contributed by atoms with E-state index in [0.717, 1.165) is 27.4 Å². The number of halogens is 2. The quantitative estimate of drug-likeness (QED) is 0.772. The lowest BCUT2D eigenvalue weighted by atomic mass is 10.0. The summed E-state index contributed by atoms with van der Waals surface area (Å²) in [5, 5.41) is 3.80. The van der Waals surface area contributed by atoms with Crippen molar-refractivity contribution in [2.75, 3.05) is 0 Å². The number of nitrogens with zero attached hydrogens (tertiary/aromatic N) is 2. The van der Waals surface area contributed by atoms with E-state index >= 15 is 0 Å². The van der Waals surface area contributed by atoms with Gasteiger partial charge < -0.3 is 15.0 Å². The fourth-order valence-corrected chi connectivity index (χ4v) is 3.36. The Morgan fingerprint density at radius 3 is 2.52 bits per heavy atom. The highest BCUT2D eigenvalue weighted by Gasteiger charge is 2.12. The molecular formula is C14H17Br2N3O2. The third-order valence-electron chi connectivity index (χ3n) is 3.00. The molecule has 0 bridgehead atoms. The van der Waals surface area contributed by atoms with Crippen molar-refractivity contribution in [1.29, 1.82) is 0 Å². The maximum atomic E-state index is 5.99. The summed E-state index contributed by atoms with van der Waals surface area (Å²) < 4.78 is 12.4. The van der Waals surface area contributed by atoms with Gasteiger partial charge in [-0.2, -0.15) is 4.98 Å². The van der Waals surface area contributed by atoms with Gasteiger partial charge in [0.2, 0.25) is 11.7 Å². The Kier molecular flexibility index (Phi) is 5.78. The van der Waals surface area contributed by atoms with Gasteiger partial charge in [0.1, 0.15) is 5.75 Å². The lowest BCUT2D eigenvalue weighted by molar-refractivity contribution is 0.282. The van der Waals surface area contributed by atoms with Crippen LogP contribution in [0.5, 0.6) is 5.75 Å². The average molecular weight is 419 g/mol. The van der Waals surface area contributed by atoms with Crippen molar-refractivity contribution in [3.63, 3.8) is 0 Å². The predicted molar refractivity (Wildman–Crippen MR) is 87.2 cm³/mol. The Balaban J connectivity index is 2.09. The summed E-state index contributed by atoms with van der Waals surface area (Å²) in [5.74, 6) is 1.75. The zero-order chi connectivity index (χ0) is 15.4. The van der Waals surface area contributed by atoms with Crippen molar-refractivity contribution in [3.05, 3.63) is 38.4 Å². The average Bonchev–Trinajstić information content (AvgIpc) is 2.83. The van der Waals surface area contributed by atoms with E-state index in [4.69, 9.17) is 15.0 Å². The highest BCUT2D eigenvalue weighted by molar-refractivity contribution is 9.11. The van der Waals surface area contributed by atoms with E-state index in [1.807, 2.05) is 12.1 Å². The van der Waals surface area contributed by atoms with Crippen LogP contribution in [0.1, 0.15) is 30.6 Å². The van der Waals surface area contributed by atoms with Crippen molar-refractivity contribution in [3.8, 4) is 5.75 Å². The monoisotopic (exact) mass is 417 g/mol. The van der Waals surface area contributed by atoms with Crippen LogP contribution in [0.3, 0.4) is 0 Å². The molecule has 2 aromatic rings. The first-order valence-electron chi connectivity index (χ1n) is 6.65. The molecule has 0 fully saturated rings. The number of hydrogen-bond acceptors (Lipinski definition) is 5. The highest BCUT2D eigenvalue weighted by Crippen LogP contribution is 2.35. The molecule has 0 aliphatic heterocycles. The maximum Gasteiger partial charge on any atom is 0.223 e. The molecule has 0 aliphatic carbocycles. The van der Waals surface area contributed by atoms with Crippen LogP contribution >= 0.6 is 31.9 Å². The van der Waals surface area contributed by atoms with Gasteiger partial charge in [-0.05, 0) is 62.4 Å². The van der Waals surface area contributed by atoms with Gasteiger partial charge in [0.15, 0.2) is 6.61 Å². The second kappa shape index (κ2) is 7.38. The molecule has 1 heterocycles. The Hall–Kier alpha value is -0.920. The lowest BCUT2D eigenvalue weighted by Crippen LogP contribution is -2.21. The van der Waals surface area contributed by atoms with Crippen LogP contribution in [0.25, 0.3) is 0 Å². The third-order valence-corrected chi connectivity index (χ3v) is 4.17. The fourth-order valence-electron chi connectivity index (χ4n) is 1.85. The molecule has 2 N–H and O–H groups in total. The summed E-state index contributed by atoms with van der Waals surface area (Å²) in [6.45, 7) is 4.08. The summed E-state index contributed by atoms with van der Waals surface area (Å²) in [6.07, 6.45) is 1.78. The Bertz CT molecular complexity index is 593. The molecule has 0 aliphatic rings. The molecule has 0 radical (unpaired) electrons. The summed E-state index contributed by atoms with van der Waals surface area (Å²) in [7, 11) is 0. The summed E-state index contributed by atoms with van der Waals surface area (Å²) in [5.41, 5.74) is 7.15. The van der Waals surface area contributed by atoms with Gasteiger partial charge in [-0.3, -0.25) is 0 Å². The van der Waals surface area contributed by atoms with Crippen LogP contribution in [0.2, 0.25) is 0 Å². The molecule has 1 unspecified atom stereocenters. The summed E-state index contributed by atoms with van der Waals surface area (Å²) in [4.78, 5) is 4.10. The van der Waals surface area contributed by atoms with Gasteiger partial charge in [0.05, 0.1) is 8.95 Å². The number of aromatic nitrogens is 2. The van der Waals surface area contributed by atoms with Crippen LogP contribution in [-0.2, 0) is 13.0 Å². The molecule has 7 heteroatoms. The first kappa shape index (κ1) is 16.5. The number of rotatable bonds is 6. The van der Waals surface area contributed by atoms with Gasteiger partial charge in [-0.1, -0.05) is 12.1 Å². The zero-order valence-corrected chi connectivity index (χ0v) is 15.1. The topological polar surface area (TPSA) is 74.2 Å². The van der Waals surface area contributed by atoms with Crippen molar-refractivity contribution in [1.82, 2.24) is 10.1 Å². The number of aryl methyl sites for hydroxylation is 1. The first-order valence-corrected chi connectivity index (χ1v) is 8.23. The molecule has 1 aromatic carbocycles. The van der Waals surface area contributed by atoms with E-state index < -0.39 is 0 Å². The largest absolute Gasteiger partial charge is 0.483 e. The Morgan fingerprint density at radius 1 is 1.33 bits per heavy atom. The van der Waals surface area contributed by atoms with Crippen molar-refractivity contribution < 1.29 is 9.26 Å². The molecule has 0 spiro atoms. The molecule has 5 nitrogen and oxygen atoms in total. The molecule has 2 rings (SSSR count). The normalized spacial score (nSPS) is 12.4.